The molecular weight excluding hydrogens is 214 g/mol. The summed E-state index contributed by atoms with van der Waals surface area (Å²) in [5, 5.41) is 3.21. The third-order valence-corrected chi connectivity index (χ3v) is 2.37. The molecule has 0 unspecified atom stereocenters. The lowest BCUT2D eigenvalue weighted by atomic mass is 10.2. The van der Waals surface area contributed by atoms with Gasteiger partial charge >= 0.3 is 0 Å². The third kappa shape index (κ3) is 2.90. The SMILES string of the molecule is Cc1cnc(CNc2ncc(N)cc2C)cn1. The Bertz CT molecular complexity index is 507. The van der Waals surface area contributed by atoms with Gasteiger partial charge in [0.15, 0.2) is 0 Å². The molecular formula is C12H15N5. The second kappa shape index (κ2) is 4.78. The molecule has 2 aromatic heterocycles. The van der Waals surface area contributed by atoms with Crippen molar-refractivity contribution in [1.82, 2.24) is 15.0 Å². The van der Waals surface area contributed by atoms with Crippen LogP contribution in [0.3, 0.4) is 0 Å². The van der Waals surface area contributed by atoms with Crippen LogP contribution in [0.5, 0.6) is 0 Å². The van der Waals surface area contributed by atoms with Crippen molar-refractivity contribution in [2.45, 2.75) is 20.4 Å². The predicted molar refractivity (Wildman–Crippen MR) is 67.5 cm³/mol. The van der Waals surface area contributed by atoms with Crippen LogP contribution in [0.15, 0.2) is 24.7 Å². The molecule has 5 nitrogen and oxygen atoms in total. The van der Waals surface area contributed by atoms with Gasteiger partial charge in [-0.2, -0.15) is 0 Å². The average Bonchev–Trinajstić information content (AvgIpc) is 2.30. The highest BCUT2D eigenvalue weighted by Gasteiger charge is 2.01. The van der Waals surface area contributed by atoms with Crippen LogP contribution in [0.4, 0.5) is 11.5 Å². The van der Waals surface area contributed by atoms with Crippen molar-refractivity contribution >= 4 is 11.5 Å². The number of nitrogens with two attached hydrogens (primary N) is 1. The van der Waals surface area contributed by atoms with Crippen LogP contribution < -0.4 is 11.1 Å². The lowest BCUT2D eigenvalue weighted by molar-refractivity contribution is 0.974. The molecule has 0 atom stereocenters. The molecule has 5 heteroatoms. The normalized spacial score (nSPS) is 10.2. The van der Waals surface area contributed by atoms with E-state index in [0.29, 0.717) is 12.2 Å². The van der Waals surface area contributed by atoms with E-state index in [4.69, 9.17) is 5.73 Å². The van der Waals surface area contributed by atoms with E-state index < -0.39 is 0 Å². The van der Waals surface area contributed by atoms with Crippen LogP contribution in [0, 0.1) is 13.8 Å². The molecule has 0 aliphatic heterocycles. The number of rotatable bonds is 3. The topological polar surface area (TPSA) is 76.7 Å². The zero-order chi connectivity index (χ0) is 12.3. The molecule has 0 amide bonds. The molecule has 0 spiro atoms. The molecule has 88 valence electrons. The fourth-order valence-corrected chi connectivity index (χ4v) is 1.47. The molecule has 0 aromatic carbocycles. The summed E-state index contributed by atoms with van der Waals surface area (Å²) < 4.78 is 0. The summed E-state index contributed by atoms with van der Waals surface area (Å²) >= 11 is 0. The Labute approximate surface area is 100 Å². The Balaban J connectivity index is 2.04. The van der Waals surface area contributed by atoms with Crippen molar-refractivity contribution in [2.24, 2.45) is 0 Å². The van der Waals surface area contributed by atoms with Crippen molar-refractivity contribution < 1.29 is 0 Å². The molecule has 2 aromatic rings. The maximum absolute atomic E-state index is 5.64. The first-order chi connectivity index (χ1) is 8.15. The second-order valence-corrected chi connectivity index (χ2v) is 3.94. The molecule has 0 fully saturated rings. The van der Waals surface area contributed by atoms with Crippen molar-refractivity contribution in [1.29, 1.82) is 0 Å². The van der Waals surface area contributed by atoms with Gasteiger partial charge in [-0.1, -0.05) is 0 Å². The summed E-state index contributed by atoms with van der Waals surface area (Å²) in [7, 11) is 0. The van der Waals surface area contributed by atoms with Gasteiger partial charge < -0.3 is 11.1 Å². The molecule has 3 N–H and O–H groups in total. The average molecular weight is 229 g/mol. The van der Waals surface area contributed by atoms with Crippen molar-refractivity contribution in [3.8, 4) is 0 Å². The fraction of sp³-hybridized carbons (Fsp3) is 0.250. The summed E-state index contributed by atoms with van der Waals surface area (Å²) in [4.78, 5) is 12.7. The Morgan fingerprint density at radius 2 is 1.94 bits per heavy atom. The van der Waals surface area contributed by atoms with Crippen LogP contribution in [0.1, 0.15) is 17.0 Å². The Morgan fingerprint density at radius 1 is 1.12 bits per heavy atom. The highest BCUT2D eigenvalue weighted by atomic mass is 15.0. The molecule has 17 heavy (non-hydrogen) atoms. The minimum absolute atomic E-state index is 0.602. The van der Waals surface area contributed by atoms with Gasteiger partial charge in [-0.05, 0) is 25.5 Å². The van der Waals surface area contributed by atoms with Gasteiger partial charge in [-0.15, -0.1) is 0 Å². The number of aromatic nitrogens is 3. The van der Waals surface area contributed by atoms with Crippen molar-refractivity contribution in [2.75, 3.05) is 11.1 Å². The number of hydrogen-bond donors (Lipinski definition) is 2. The molecule has 0 saturated heterocycles. The lowest BCUT2D eigenvalue weighted by Gasteiger charge is -2.08. The Kier molecular flexibility index (Phi) is 3.18. The highest BCUT2D eigenvalue weighted by Crippen LogP contribution is 2.14. The van der Waals surface area contributed by atoms with E-state index in [1.54, 1.807) is 18.6 Å². The zero-order valence-corrected chi connectivity index (χ0v) is 9.94. The predicted octanol–water partition coefficient (Wildman–Crippen LogP) is 1.68. The van der Waals surface area contributed by atoms with Gasteiger partial charge in [0.05, 0.1) is 36.0 Å². The third-order valence-electron chi connectivity index (χ3n) is 2.37. The molecule has 0 aliphatic rings. The van der Waals surface area contributed by atoms with Crippen LogP contribution in [0.25, 0.3) is 0 Å². The Morgan fingerprint density at radius 3 is 2.59 bits per heavy atom. The summed E-state index contributed by atoms with van der Waals surface area (Å²) in [6.45, 7) is 4.48. The number of anilines is 2. The van der Waals surface area contributed by atoms with Gasteiger partial charge in [0.1, 0.15) is 5.82 Å². The van der Waals surface area contributed by atoms with E-state index in [-0.39, 0.29) is 0 Å². The van der Waals surface area contributed by atoms with Gasteiger partial charge in [0.2, 0.25) is 0 Å². The Hall–Kier alpha value is -2.17. The molecule has 2 rings (SSSR count). The van der Waals surface area contributed by atoms with E-state index in [1.807, 2.05) is 19.9 Å². The van der Waals surface area contributed by atoms with E-state index >= 15 is 0 Å². The highest BCUT2D eigenvalue weighted by molar-refractivity contribution is 5.50. The summed E-state index contributed by atoms with van der Waals surface area (Å²) in [6, 6.07) is 1.89. The standard InChI is InChI=1S/C12H15N5/c1-8-3-10(13)5-16-12(8)17-7-11-6-14-9(2)4-15-11/h3-6H,7,13H2,1-2H3,(H,16,17). The maximum Gasteiger partial charge on any atom is 0.129 e. The van der Waals surface area contributed by atoms with Crippen LogP contribution in [0.2, 0.25) is 0 Å². The summed E-state index contributed by atoms with van der Waals surface area (Å²) in [5.41, 5.74) is 9.12. The van der Waals surface area contributed by atoms with Crippen LogP contribution in [-0.2, 0) is 6.54 Å². The molecule has 0 bridgehead atoms. The summed E-state index contributed by atoms with van der Waals surface area (Å²) in [6.07, 6.45) is 5.14. The number of nitrogens with one attached hydrogen (secondary N) is 1. The largest absolute Gasteiger partial charge is 0.397 e. The zero-order valence-electron chi connectivity index (χ0n) is 9.94. The van der Waals surface area contributed by atoms with Crippen LogP contribution in [-0.4, -0.2) is 15.0 Å². The van der Waals surface area contributed by atoms with E-state index in [2.05, 4.69) is 20.3 Å². The number of aryl methyl sites for hydroxylation is 2. The number of pyridine rings is 1. The molecule has 0 aliphatic carbocycles. The number of nitrogen functional groups attached to an aromatic ring is 1. The smallest absolute Gasteiger partial charge is 0.129 e. The first-order valence-corrected chi connectivity index (χ1v) is 5.38. The van der Waals surface area contributed by atoms with E-state index in [1.165, 1.54) is 0 Å². The molecule has 2 heterocycles. The van der Waals surface area contributed by atoms with Crippen molar-refractivity contribution in [3.05, 3.63) is 41.6 Å². The van der Waals surface area contributed by atoms with Gasteiger partial charge in [-0.3, -0.25) is 9.97 Å². The van der Waals surface area contributed by atoms with Crippen molar-refractivity contribution in [3.63, 3.8) is 0 Å². The first kappa shape index (κ1) is 11.3. The quantitative estimate of drug-likeness (QED) is 0.837. The fourth-order valence-electron chi connectivity index (χ4n) is 1.47. The minimum Gasteiger partial charge on any atom is -0.397 e. The van der Waals surface area contributed by atoms with Gasteiger partial charge in [-0.25, -0.2) is 4.98 Å². The summed E-state index contributed by atoms with van der Waals surface area (Å²) in [5.74, 6) is 0.821. The first-order valence-electron chi connectivity index (χ1n) is 5.38. The lowest BCUT2D eigenvalue weighted by Crippen LogP contribution is -2.05. The minimum atomic E-state index is 0.602. The molecule has 0 saturated carbocycles. The van der Waals surface area contributed by atoms with E-state index in [0.717, 1.165) is 22.8 Å². The second-order valence-electron chi connectivity index (χ2n) is 3.94. The van der Waals surface area contributed by atoms with Gasteiger partial charge in [0, 0.05) is 6.20 Å². The molecule has 0 radical (unpaired) electrons. The number of nitrogens with zero attached hydrogens (tertiary/aromatic N) is 3. The van der Waals surface area contributed by atoms with E-state index in [9.17, 15) is 0 Å². The monoisotopic (exact) mass is 229 g/mol. The van der Waals surface area contributed by atoms with Crippen LogP contribution >= 0.6 is 0 Å². The van der Waals surface area contributed by atoms with Gasteiger partial charge in [0.25, 0.3) is 0 Å². The number of hydrogen-bond acceptors (Lipinski definition) is 5. The maximum atomic E-state index is 5.64.